The summed E-state index contributed by atoms with van der Waals surface area (Å²) in [6, 6.07) is 3.67. The molecule has 1 aliphatic rings. The van der Waals surface area contributed by atoms with Gasteiger partial charge in [-0.2, -0.15) is 0 Å². The lowest BCUT2D eigenvalue weighted by atomic mass is 10.0. The monoisotopic (exact) mass is 374 g/mol. The fourth-order valence-corrected chi connectivity index (χ4v) is 2.96. The van der Waals surface area contributed by atoms with Gasteiger partial charge in [-0.05, 0) is 37.1 Å². The molecule has 0 unspecified atom stereocenters. The smallest absolute Gasteiger partial charge is 0.279 e. The molecule has 0 bridgehead atoms. The van der Waals surface area contributed by atoms with Crippen LogP contribution in [0.1, 0.15) is 11.1 Å². The minimum atomic E-state index is -1.58. The molecule has 5 N–H and O–H groups in total. The Balaban J connectivity index is 2.16. The van der Waals surface area contributed by atoms with Crippen LogP contribution in [0.4, 0.5) is 17.2 Å². The molecule has 0 saturated heterocycles. The lowest BCUT2D eigenvalue weighted by molar-refractivity contribution is -0.0726. The molecule has 0 amide bonds. The van der Waals surface area contributed by atoms with E-state index in [0.29, 0.717) is 11.4 Å². The fraction of sp³-hybridized carbons (Fsp3) is 0.389. The van der Waals surface area contributed by atoms with Crippen LogP contribution in [0, 0.1) is 13.8 Å². The molecule has 3 atom stereocenters. The van der Waals surface area contributed by atoms with Crippen molar-refractivity contribution in [2.75, 3.05) is 18.1 Å². The number of β-amino-alcohol motifs (C(OH)–C–C–N with tert-alkyl or cyclic N) is 1. The third kappa shape index (κ3) is 3.50. The molecule has 3 rings (SSSR count). The van der Waals surface area contributed by atoms with Crippen molar-refractivity contribution in [2.24, 2.45) is 4.99 Å². The number of fused-ring (bicyclic) bond motifs is 2. The summed E-state index contributed by atoms with van der Waals surface area (Å²) in [7, 11) is 0. The van der Waals surface area contributed by atoms with Crippen LogP contribution in [-0.4, -0.2) is 61.9 Å². The molecular weight excluding hydrogens is 352 g/mol. The van der Waals surface area contributed by atoms with Crippen molar-refractivity contribution in [3.8, 4) is 0 Å². The molecule has 0 saturated carbocycles. The molecule has 0 spiro atoms. The quantitative estimate of drug-likeness (QED) is 0.419. The molecule has 1 aliphatic heterocycles. The van der Waals surface area contributed by atoms with Crippen molar-refractivity contribution in [1.82, 2.24) is 9.97 Å². The van der Waals surface area contributed by atoms with Gasteiger partial charge < -0.3 is 30.3 Å². The van der Waals surface area contributed by atoms with Gasteiger partial charge >= 0.3 is 0 Å². The number of hydrogen-bond acceptors (Lipinski definition) is 8. The summed E-state index contributed by atoms with van der Waals surface area (Å²) in [5.74, 6) is 0.198. The summed E-state index contributed by atoms with van der Waals surface area (Å²) in [5.41, 5.74) is 2.76. The Morgan fingerprint density at radius 2 is 1.85 bits per heavy atom. The lowest BCUT2D eigenvalue weighted by Gasteiger charge is -2.32. The maximum absolute atomic E-state index is 12.3. The number of rotatable bonds is 5. The van der Waals surface area contributed by atoms with E-state index < -0.39 is 30.5 Å². The van der Waals surface area contributed by atoms with E-state index in [1.54, 1.807) is 4.90 Å². The van der Waals surface area contributed by atoms with Gasteiger partial charge in [-0.1, -0.05) is 6.58 Å². The summed E-state index contributed by atoms with van der Waals surface area (Å²) >= 11 is 0. The van der Waals surface area contributed by atoms with Crippen molar-refractivity contribution in [1.29, 1.82) is 0 Å². The average molecular weight is 374 g/mol. The van der Waals surface area contributed by atoms with E-state index in [1.807, 2.05) is 26.0 Å². The summed E-state index contributed by atoms with van der Waals surface area (Å²) in [5, 5.41) is 39.1. The number of hydrogen-bond donors (Lipinski definition) is 5. The van der Waals surface area contributed by atoms with Crippen LogP contribution in [0.2, 0.25) is 0 Å². The maximum atomic E-state index is 12.3. The van der Waals surface area contributed by atoms with E-state index in [4.69, 9.17) is 5.11 Å². The first-order chi connectivity index (χ1) is 12.7. The summed E-state index contributed by atoms with van der Waals surface area (Å²) in [4.78, 5) is 25.0. The number of nitrogens with zero attached hydrogens (tertiary/aromatic N) is 3. The van der Waals surface area contributed by atoms with E-state index >= 15 is 0 Å². The first-order valence-corrected chi connectivity index (χ1v) is 8.44. The van der Waals surface area contributed by atoms with Crippen LogP contribution in [0.5, 0.6) is 0 Å². The topological polar surface area (TPSA) is 142 Å². The highest BCUT2D eigenvalue weighted by molar-refractivity contribution is 5.77. The van der Waals surface area contributed by atoms with Crippen LogP contribution < -0.4 is 21.3 Å². The Morgan fingerprint density at radius 3 is 2.52 bits per heavy atom. The maximum Gasteiger partial charge on any atom is 0.279 e. The van der Waals surface area contributed by atoms with Gasteiger partial charge in [0, 0.05) is 0 Å². The van der Waals surface area contributed by atoms with Crippen molar-refractivity contribution in [3.63, 3.8) is 0 Å². The van der Waals surface area contributed by atoms with E-state index in [2.05, 4.69) is 21.5 Å². The van der Waals surface area contributed by atoms with E-state index in [0.717, 1.165) is 11.1 Å². The first-order valence-electron chi connectivity index (χ1n) is 8.44. The molecule has 2 heterocycles. The second kappa shape index (κ2) is 7.20. The molecule has 2 aromatic rings. The predicted molar refractivity (Wildman–Crippen MR) is 98.8 cm³/mol. The lowest BCUT2D eigenvalue weighted by Crippen LogP contribution is -2.48. The molecule has 0 fully saturated rings. The highest BCUT2D eigenvalue weighted by atomic mass is 16.4. The standard InChI is InChI=1S/C18H22N4O5/c1-8-4-11-12(5-9(8)2)22(6-13(24)16(26)14(25)7-23)17-15(21-11)18(27)20-10(3)19-17/h4-5,13-14,16,23-26H,3,6-7H2,1-2H3,(H,20,27)/t13-,14+,16-/m0/s1. The SMILES string of the molecule is C=c1nc2c(c(=O)[nH]1)=Nc1cc(C)c(C)cc1N2C[C@H](O)[C@H](O)[C@H](O)CO. The fourth-order valence-electron chi connectivity index (χ4n) is 2.96. The number of aliphatic hydroxyl groups excluding tert-OH is 4. The van der Waals surface area contributed by atoms with Crippen molar-refractivity contribution in [3.05, 3.63) is 44.5 Å². The van der Waals surface area contributed by atoms with Gasteiger partial charge in [0.15, 0.2) is 11.2 Å². The Bertz CT molecular complexity index is 1040. The summed E-state index contributed by atoms with van der Waals surface area (Å²) in [6.07, 6.45) is -4.49. The minimum Gasteiger partial charge on any atom is -0.394 e. The zero-order chi connectivity index (χ0) is 19.9. The Kier molecular flexibility index (Phi) is 5.11. The molecule has 0 radical (unpaired) electrons. The van der Waals surface area contributed by atoms with E-state index in [-0.39, 0.29) is 23.2 Å². The van der Waals surface area contributed by atoms with Crippen LogP contribution in [0.3, 0.4) is 0 Å². The van der Waals surface area contributed by atoms with Gasteiger partial charge in [0.2, 0.25) is 0 Å². The van der Waals surface area contributed by atoms with Gasteiger partial charge in [-0.25, -0.2) is 9.98 Å². The van der Waals surface area contributed by atoms with Gasteiger partial charge in [0.25, 0.3) is 5.56 Å². The molecule has 0 aliphatic carbocycles. The Morgan fingerprint density at radius 1 is 1.19 bits per heavy atom. The van der Waals surface area contributed by atoms with Gasteiger partial charge in [-0.15, -0.1) is 0 Å². The van der Waals surface area contributed by atoms with Crippen molar-refractivity contribution < 1.29 is 20.4 Å². The number of H-pyrrole nitrogens is 1. The first kappa shape index (κ1) is 19.2. The van der Waals surface area contributed by atoms with Crippen LogP contribution in [0.15, 0.2) is 21.9 Å². The number of aromatic nitrogens is 2. The molecular formula is C18H22N4O5. The third-order valence-corrected chi connectivity index (χ3v) is 4.64. The van der Waals surface area contributed by atoms with Gasteiger partial charge in [-0.3, -0.25) is 4.79 Å². The number of anilines is 2. The largest absolute Gasteiger partial charge is 0.394 e. The average Bonchev–Trinajstić information content (AvgIpc) is 2.62. The molecule has 27 heavy (non-hydrogen) atoms. The second-order valence-electron chi connectivity index (χ2n) is 6.64. The highest BCUT2D eigenvalue weighted by Crippen LogP contribution is 2.36. The number of aliphatic hydroxyl groups is 4. The zero-order valence-corrected chi connectivity index (χ0v) is 15.0. The Hall–Kier alpha value is -2.59. The normalized spacial score (nSPS) is 16.1. The summed E-state index contributed by atoms with van der Waals surface area (Å²) < 4.78 is 0. The number of aromatic amines is 1. The molecule has 1 aromatic heterocycles. The molecule has 9 heteroatoms. The molecule has 1 aromatic carbocycles. The van der Waals surface area contributed by atoms with Gasteiger partial charge in [0.05, 0.1) is 24.5 Å². The second-order valence-corrected chi connectivity index (χ2v) is 6.64. The minimum absolute atomic E-state index is 0.0718. The number of nitrogens with one attached hydrogen (secondary N) is 1. The third-order valence-electron chi connectivity index (χ3n) is 4.64. The predicted octanol–water partition coefficient (Wildman–Crippen LogP) is -1.73. The highest BCUT2D eigenvalue weighted by Gasteiger charge is 2.30. The number of aryl methyl sites for hydroxylation is 2. The van der Waals surface area contributed by atoms with Crippen LogP contribution >= 0.6 is 0 Å². The van der Waals surface area contributed by atoms with Crippen LogP contribution in [-0.2, 0) is 0 Å². The van der Waals surface area contributed by atoms with Crippen molar-refractivity contribution in [2.45, 2.75) is 32.2 Å². The van der Waals surface area contributed by atoms with E-state index in [9.17, 15) is 20.1 Å². The van der Waals surface area contributed by atoms with E-state index in [1.165, 1.54) is 0 Å². The van der Waals surface area contributed by atoms with Crippen molar-refractivity contribution >= 4 is 23.8 Å². The molecule has 9 nitrogen and oxygen atoms in total. The summed E-state index contributed by atoms with van der Waals surface area (Å²) in [6.45, 7) is 6.62. The molecule has 144 valence electrons. The van der Waals surface area contributed by atoms with Gasteiger partial charge in [0.1, 0.15) is 23.8 Å². The Labute approximate surface area is 154 Å². The van der Waals surface area contributed by atoms with Crippen LogP contribution in [0.25, 0.3) is 6.58 Å². The zero-order valence-electron chi connectivity index (χ0n) is 15.0. The number of benzene rings is 1.